The predicted molar refractivity (Wildman–Crippen MR) is 75.7 cm³/mol. The summed E-state index contributed by atoms with van der Waals surface area (Å²) in [5, 5.41) is 10.2. The maximum absolute atomic E-state index is 12.7. The van der Waals surface area contributed by atoms with Crippen molar-refractivity contribution in [3.05, 3.63) is 11.3 Å². The van der Waals surface area contributed by atoms with Crippen LogP contribution in [0.25, 0.3) is 0 Å². The summed E-state index contributed by atoms with van der Waals surface area (Å²) >= 11 is 0. The molecule has 7 heteroatoms. The number of rotatable bonds is 3. The number of anilines is 1. The molecule has 1 amide bonds. The number of fused-ring (bicyclic) bond motifs is 1. The highest BCUT2D eigenvalue weighted by molar-refractivity contribution is 6.00. The van der Waals surface area contributed by atoms with Crippen LogP contribution in [0.4, 0.5) is 5.95 Å². The van der Waals surface area contributed by atoms with Crippen LogP contribution in [0.3, 0.4) is 0 Å². The topological polar surface area (TPSA) is 102 Å². The Bertz CT molecular complexity index is 563. The monoisotopic (exact) mass is 292 g/mol. The molecule has 0 aromatic carbocycles. The number of carbonyl (C=O) groups is 1. The van der Waals surface area contributed by atoms with Crippen LogP contribution in [0.1, 0.15) is 48.7 Å². The summed E-state index contributed by atoms with van der Waals surface area (Å²) < 4.78 is 5.42. The van der Waals surface area contributed by atoms with Crippen molar-refractivity contribution in [2.45, 2.75) is 51.3 Å². The quantitative estimate of drug-likeness (QED) is 0.851. The van der Waals surface area contributed by atoms with E-state index in [1.807, 2.05) is 6.92 Å². The van der Waals surface area contributed by atoms with Gasteiger partial charge in [0.2, 0.25) is 11.8 Å². The van der Waals surface area contributed by atoms with E-state index < -0.39 is 6.10 Å². The highest BCUT2D eigenvalue weighted by Gasteiger charge is 2.40. The van der Waals surface area contributed by atoms with Crippen molar-refractivity contribution in [3.8, 4) is 5.88 Å². The molecule has 1 aliphatic heterocycles. The molecule has 21 heavy (non-hydrogen) atoms. The number of aliphatic hydroxyl groups excluding tert-OH is 1. The number of nitrogens with zero attached hydrogens (tertiary/aromatic N) is 3. The Kier molecular flexibility index (Phi) is 3.67. The van der Waals surface area contributed by atoms with Crippen molar-refractivity contribution >= 4 is 11.9 Å². The molecule has 1 aromatic rings. The highest BCUT2D eigenvalue weighted by atomic mass is 16.5. The van der Waals surface area contributed by atoms with Crippen LogP contribution in [0, 0.1) is 0 Å². The van der Waals surface area contributed by atoms with Gasteiger partial charge in [-0.1, -0.05) is 12.8 Å². The SMILES string of the molecule is CCOc1nc(N)nc2c1C(=O)N(C1CCCCC1O)C2. The number of nitrogen functional groups attached to an aromatic ring is 1. The number of carbonyl (C=O) groups excluding carboxylic acids is 1. The fourth-order valence-electron chi connectivity index (χ4n) is 3.17. The van der Waals surface area contributed by atoms with Crippen LogP contribution >= 0.6 is 0 Å². The molecule has 7 nitrogen and oxygen atoms in total. The molecule has 1 fully saturated rings. The van der Waals surface area contributed by atoms with Gasteiger partial charge >= 0.3 is 0 Å². The molecule has 3 rings (SSSR count). The van der Waals surface area contributed by atoms with Gasteiger partial charge in [-0.05, 0) is 19.8 Å². The van der Waals surface area contributed by atoms with E-state index in [1.54, 1.807) is 4.90 Å². The number of hydrogen-bond acceptors (Lipinski definition) is 6. The number of nitrogens with two attached hydrogens (primary N) is 1. The van der Waals surface area contributed by atoms with Crippen molar-refractivity contribution in [2.24, 2.45) is 0 Å². The van der Waals surface area contributed by atoms with E-state index in [0.717, 1.165) is 25.7 Å². The molecular weight excluding hydrogens is 272 g/mol. The Hall–Kier alpha value is -1.89. The summed E-state index contributed by atoms with van der Waals surface area (Å²) in [7, 11) is 0. The van der Waals surface area contributed by atoms with E-state index in [0.29, 0.717) is 24.4 Å². The molecule has 0 saturated heterocycles. The van der Waals surface area contributed by atoms with E-state index in [2.05, 4.69) is 9.97 Å². The molecule has 114 valence electrons. The van der Waals surface area contributed by atoms with Crippen molar-refractivity contribution in [3.63, 3.8) is 0 Å². The van der Waals surface area contributed by atoms with Crippen molar-refractivity contribution in [1.29, 1.82) is 0 Å². The fraction of sp³-hybridized carbons (Fsp3) is 0.643. The summed E-state index contributed by atoms with van der Waals surface area (Å²) in [5.41, 5.74) is 6.66. The second-order valence-corrected chi connectivity index (χ2v) is 5.49. The normalized spacial score (nSPS) is 25.0. The predicted octanol–water partition coefficient (Wildman–Crippen LogP) is 0.717. The van der Waals surface area contributed by atoms with E-state index in [4.69, 9.17) is 10.5 Å². The first kappa shape index (κ1) is 14.1. The first-order valence-electron chi connectivity index (χ1n) is 7.40. The summed E-state index contributed by atoms with van der Waals surface area (Å²) in [6, 6.07) is -0.156. The number of ether oxygens (including phenoxy) is 1. The summed E-state index contributed by atoms with van der Waals surface area (Å²) in [4.78, 5) is 22.5. The maximum atomic E-state index is 12.7. The van der Waals surface area contributed by atoms with Gasteiger partial charge in [0.05, 0.1) is 31.0 Å². The Labute approximate surface area is 123 Å². The van der Waals surface area contributed by atoms with Crippen molar-refractivity contribution in [1.82, 2.24) is 14.9 Å². The van der Waals surface area contributed by atoms with Crippen LogP contribution in [0.5, 0.6) is 5.88 Å². The van der Waals surface area contributed by atoms with Crippen molar-refractivity contribution in [2.75, 3.05) is 12.3 Å². The first-order valence-corrected chi connectivity index (χ1v) is 7.40. The summed E-state index contributed by atoms with van der Waals surface area (Å²) in [5.74, 6) is 0.188. The molecule has 1 saturated carbocycles. The van der Waals surface area contributed by atoms with Gasteiger partial charge in [0, 0.05) is 0 Å². The van der Waals surface area contributed by atoms with E-state index in [9.17, 15) is 9.90 Å². The van der Waals surface area contributed by atoms with Crippen LogP contribution < -0.4 is 10.5 Å². The lowest BCUT2D eigenvalue weighted by atomic mass is 9.91. The number of aromatic nitrogens is 2. The Morgan fingerprint density at radius 1 is 1.38 bits per heavy atom. The summed E-state index contributed by atoms with van der Waals surface area (Å²) in [6.45, 7) is 2.59. The molecule has 2 atom stereocenters. The molecule has 2 heterocycles. The first-order chi connectivity index (χ1) is 10.1. The minimum Gasteiger partial charge on any atom is -0.477 e. The van der Waals surface area contributed by atoms with Gasteiger partial charge in [-0.2, -0.15) is 4.98 Å². The minimum absolute atomic E-state index is 0.107. The zero-order valence-electron chi connectivity index (χ0n) is 12.1. The van der Waals surface area contributed by atoms with Crippen molar-refractivity contribution < 1.29 is 14.6 Å². The smallest absolute Gasteiger partial charge is 0.261 e. The Morgan fingerprint density at radius 2 is 2.14 bits per heavy atom. The van der Waals surface area contributed by atoms with Gasteiger partial charge < -0.3 is 20.5 Å². The van der Waals surface area contributed by atoms with E-state index in [1.165, 1.54) is 0 Å². The molecule has 0 bridgehead atoms. The third-order valence-corrected chi connectivity index (χ3v) is 4.14. The second-order valence-electron chi connectivity index (χ2n) is 5.49. The lowest BCUT2D eigenvalue weighted by Gasteiger charge is -2.34. The number of amides is 1. The van der Waals surface area contributed by atoms with Gasteiger partial charge in [-0.15, -0.1) is 0 Å². The Balaban J connectivity index is 1.92. The number of hydrogen-bond donors (Lipinski definition) is 2. The largest absolute Gasteiger partial charge is 0.477 e. The molecule has 1 aromatic heterocycles. The lowest BCUT2D eigenvalue weighted by molar-refractivity contribution is 0.0188. The van der Waals surface area contributed by atoms with Gasteiger partial charge in [0.1, 0.15) is 5.56 Å². The van der Waals surface area contributed by atoms with Crippen LogP contribution in [-0.2, 0) is 6.54 Å². The lowest BCUT2D eigenvalue weighted by Crippen LogP contribution is -2.45. The van der Waals surface area contributed by atoms with Gasteiger partial charge in [-0.25, -0.2) is 4.98 Å². The molecule has 2 unspecified atom stereocenters. The molecule has 0 spiro atoms. The van der Waals surface area contributed by atoms with E-state index >= 15 is 0 Å². The van der Waals surface area contributed by atoms with Gasteiger partial charge in [-0.3, -0.25) is 4.79 Å². The molecule has 0 radical (unpaired) electrons. The fourth-order valence-corrected chi connectivity index (χ4v) is 3.17. The minimum atomic E-state index is -0.474. The van der Waals surface area contributed by atoms with Crippen LogP contribution in [0.15, 0.2) is 0 Å². The molecule has 3 N–H and O–H groups in total. The zero-order valence-corrected chi connectivity index (χ0v) is 12.1. The summed E-state index contributed by atoms with van der Waals surface area (Å²) in [6.07, 6.45) is 3.10. The average Bonchev–Trinajstić information content (AvgIpc) is 2.76. The highest BCUT2D eigenvalue weighted by Crippen LogP contribution is 2.34. The molecular formula is C14H20N4O3. The third-order valence-electron chi connectivity index (χ3n) is 4.14. The maximum Gasteiger partial charge on any atom is 0.261 e. The van der Waals surface area contributed by atoms with Crippen LogP contribution in [-0.4, -0.2) is 44.6 Å². The van der Waals surface area contributed by atoms with E-state index in [-0.39, 0.29) is 23.8 Å². The third kappa shape index (κ3) is 2.42. The average molecular weight is 292 g/mol. The molecule has 1 aliphatic carbocycles. The Morgan fingerprint density at radius 3 is 2.86 bits per heavy atom. The molecule has 2 aliphatic rings. The second kappa shape index (κ2) is 5.48. The van der Waals surface area contributed by atoms with Gasteiger partial charge in [0.25, 0.3) is 5.91 Å². The number of aliphatic hydroxyl groups is 1. The standard InChI is InChI=1S/C14H20N4O3/c1-2-21-12-11-8(16-14(15)17-12)7-18(13(11)20)9-5-3-4-6-10(9)19/h9-10,19H,2-7H2,1H3,(H2,15,16,17). The van der Waals surface area contributed by atoms with Gasteiger partial charge in [0.15, 0.2) is 0 Å². The van der Waals surface area contributed by atoms with Crippen LogP contribution in [0.2, 0.25) is 0 Å². The zero-order chi connectivity index (χ0) is 15.0.